The lowest BCUT2D eigenvalue weighted by Gasteiger charge is -2.39. The number of hydrogen-bond donors (Lipinski definition) is 3. The molecule has 2 aromatic carbocycles. The highest BCUT2D eigenvalue weighted by atomic mass is 19.4. The third kappa shape index (κ3) is 11.1. The first-order valence-electron chi connectivity index (χ1n) is 20.1. The minimum Gasteiger partial charge on any atom is -0.461 e. The fraction of sp³-hybridized carbons (Fsp3) is 0.537. The molecule has 6 rings (SSSR count). The van der Waals surface area contributed by atoms with Crippen LogP contribution in [0, 0.1) is 17.6 Å². The quantitative estimate of drug-likeness (QED) is 0.265. The van der Waals surface area contributed by atoms with Gasteiger partial charge in [0.1, 0.15) is 60.2 Å². The van der Waals surface area contributed by atoms with E-state index in [9.17, 15) is 55.5 Å². The molecule has 0 unspecified atom stereocenters. The van der Waals surface area contributed by atoms with Gasteiger partial charge in [0.05, 0.1) is 6.42 Å². The van der Waals surface area contributed by atoms with Gasteiger partial charge in [0.15, 0.2) is 0 Å². The average Bonchev–Trinajstić information content (AvgIpc) is 3.85. The van der Waals surface area contributed by atoms with Gasteiger partial charge in [-0.25, -0.2) is 13.6 Å². The number of carbonyl (C=O) groups is 7. The Labute approximate surface area is 347 Å². The lowest BCUT2D eigenvalue weighted by molar-refractivity contribution is -0.274. The Bertz CT molecular complexity index is 2000. The number of carbonyl (C=O) groups excluding carboxylic acids is 7. The Balaban J connectivity index is 1.29. The summed E-state index contributed by atoms with van der Waals surface area (Å²) in [7, 11) is 0. The second-order valence-corrected chi connectivity index (χ2v) is 16.0. The number of halogens is 5. The molecule has 0 bridgehead atoms. The van der Waals surface area contributed by atoms with E-state index in [4.69, 9.17) is 4.74 Å². The van der Waals surface area contributed by atoms with Crippen molar-refractivity contribution < 1.29 is 65.0 Å². The molecule has 330 valence electrons. The zero-order valence-electron chi connectivity index (χ0n) is 33.5. The molecular formula is C41H47F5N6O9. The zero-order valence-corrected chi connectivity index (χ0v) is 33.5. The number of nitrogens with one attached hydrogen (secondary N) is 3. The Kier molecular flexibility index (Phi) is 13.8. The number of nitrogens with zero attached hydrogens (tertiary/aromatic N) is 3. The van der Waals surface area contributed by atoms with Crippen LogP contribution >= 0.6 is 0 Å². The zero-order chi connectivity index (χ0) is 44.2. The Morgan fingerprint density at radius 2 is 1.49 bits per heavy atom. The van der Waals surface area contributed by atoms with Crippen molar-refractivity contribution in [3.8, 4) is 5.75 Å². The van der Waals surface area contributed by atoms with Gasteiger partial charge in [-0.1, -0.05) is 19.1 Å². The van der Waals surface area contributed by atoms with Crippen molar-refractivity contribution in [2.45, 2.75) is 108 Å². The maximum absolute atomic E-state index is 14.5. The van der Waals surface area contributed by atoms with Crippen molar-refractivity contribution >= 4 is 41.4 Å². The van der Waals surface area contributed by atoms with Crippen molar-refractivity contribution in [1.82, 2.24) is 30.7 Å². The molecule has 7 atom stereocenters. The summed E-state index contributed by atoms with van der Waals surface area (Å²) in [4.78, 5) is 101. The number of cyclic esters (lactones) is 1. The summed E-state index contributed by atoms with van der Waals surface area (Å²) in [6, 6.07) is -0.644. The van der Waals surface area contributed by atoms with E-state index in [2.05, 4.69) is 20.7 Å². The fourth-order valence-electron chi connectivity index (χ4n) is 8.40. The van der Waals surface area contributed by atoms with Crippen molar-refractivity contribution in [1.29, 1.82) is 0 Å². The maximum atomic E-state index is 14.5. The molecule has 20 heteroatoms. The van der Waals surface area contributed by atoms with Crippen molar-refractivity contribution in [3.63, 3.8) is 0 Å². The highest BCUT2D eigenvalue weighted by molar-refractivity contribution is 5.98. The van der Waals surface area contributed by atoms with Crippen molar-refractivity contribution in [2.75, 3.05) is 26.2 Å². The third-order valence-corrected chi connectivity index (χ3v) is 11.2. The number of hydrogen-bond acceptors (Lipinski definition) is 9. The summed E-state index contributed by atoms with van der Waals surface area (Å²) in [5.41, 5.74) is 0.144. The first kappa shape index (κ1) is 44.7. The van der Waals surface area contributed by atoms with Crippen LogP contribution in [0.1, 0.15) is 63.5 Å². The van der Waals surface area contributed by atoms with Crippen LogP contribution in [0.25, 0.3) is 0 Å². The van der Waals surface area contributed by atoms with E-state index in [1.54, 1.807) is 0 Å². The largest absolute Gasteiger partial charge is 0.573 e. The topological polar surface area (TPSA) is 184 Å². The van der Waals surface area contributed by atoms with Gasteiger partial charge >= 0.3 is 12.3 Å². The van der Waals surface area contributed by atoms with Gasteiger partial charge in [-0.15, -0.1) is 13.2 Å². The molecule has 0 spiro atoms. The van der Waals surface area contributed by atoms with Crippen LogP contribution < -0.4 is 20.7 Å². The second kappa shape index (κ2) is 18.8. The number of alkyl halides is 3. The average molecular weight is 863 g/mol. The van der Waals surface area contributed by atoms with Gasteiger partial charge in [-0.2, -0.15) is 0 Å². The molecule has 0 radical (unpaired) electrons. The summed E-state index contributed by atoms with van der Waals surface area (Å²) in [6.45, 7) is 2.98. The van der Waals surface area contributed by atoms with Crippen LogP contribution in [0.2, 0.25) is 0 Å². The van der Waals surface area contributed by atoms with Crippen molar-refractivity contribution in [2.24, 2.45) is 5.92 Å². The SMILES string of the molecule is C[C@@H]1C[C@H]2C(=O)OC[C@H](NC(=O)[C@H](Cc3cc(F)cc(F)c3)NC(=O)Cc3ccc(OC(F)(F)F)cc3)C(=O)N3CCC[C@H]3C(=O)N3CCCC[C@H]3C(=O)N[C@@H](C)C(=O)N2C1. The van der Waals surface area contributed by atoms with Crippen LogP contribution in [-0.2, 0) is 51.1 Å². The van der Waals surface area contributed by atoms with E-state index in [1.165, 1.54) is 33.8 Å². The molecule has 2 aromatic rings. The molecule has 0 aliphatic carbocycles. The summed E-state index contributed by atoms with van der Waals surface area (Å²) >= 11 is 0. The van der Waals surface area contributed by atoms with Gasteiger partial charge in [-0.3, -0.25) is 28.8 Å². The predicted molar refractivity (Wildman–Crippen MR) is 203 cm³/mol. The van der Waals surface area contributed by atoms with Crippen molar-refractivity contribution in [3.05, 3.63) is 65.2 Å². The van der Waals surface area contributed by atoms with E-state index in [1.807, 2.05) is 6.92 Å². The second-order valence-electron chi connectivity index (χ2n) is 16.0. The molecule has 0 aromatic heterocycles. The normalized spacial score (nSPS) is 25.8. The van der Waals surface area contributed by atoms with E-state index in [-0.39, 0.29) is 49.5 Å². The smallest absolute Gasteiger partial charge is 0.461 e. The monoisotopic (exact) mass is 862 g/mol. The summed E-state index contributed by atoms with van der Waals surface area (Å²) in [5.74, 6) is -7.88. The van der Waals surface area contributed by atoms with Crippen LogP contribution in [-0.4, -0.2) is 125 Å². The number of piperidine rings is 1. The van der Waals surface area contributed by atoms with E-state index in [0.717, 1.165) is 24.3 Å². The van der Waals surface area contributed by atoms with Gasteiger partial charge in [0.2, 0.25) is 35.4 Å². The molecule has 4 aliphatic heterocycles. The summed E-state index contributed by atoms with van der Waals surface area (Å²) in [6.07, 6.45) is -3.60. The van der Waals surface area contributed by atoms with Crippen LogP contribution in [0.4, 0.5) is 22.0 Å². The Hall–Kier alpha value is -5.82. The number of esters is 1. The molecule has 0 saturated carbocycles. The van der Waals surface area contributed by atoms with Crippen LogP contribution in [0.5, 0.6) is 5.75 Å². The summed E-state index contributed by atoms with van der Waals surface area (Å²) < 4.78 is 76.1. The van der Waals surface area contributed by atoms with Gasteiger partial charge in [0, 0.05) is 32.1 Å². The third-order valence-electron chi connectivity index (χ3n) is 11.2. The van der Waals surface area contributed by atoms with Gasteiger partial charge < -0.3 is 40.1 Å². The minimum absolute atomic E-state index is 0.0647. The molecule has 6 amide bonds. The number of ether oxygens (including phenoxy) is 2. The lowest BCUT2D eigenvalue weighted by atomic mass is 9.99. The molecule has 15 nitrogen and oxygen atoms in total. The van der Waals surface area contributed by atoms with Gasteiger partial charge in [-0.05, 0) is 86.8 Å². The number of amides is 6. The molecular weight excluding hydrogens is 815 g/mol. The first-order valence-corrected chi connectivity index (χ1v) is 20.1. The first-order chi connectivity index (χ1) is 28.9. The lowest BCUT2D eigenvalue weighted by Crippen LogP contribution is -2.62. The molecule has 61 heavy (non-hydrogen) atoms. The van der Waals surface area contributed by atoms with E-state index >= 15 is 0 Å². The predicted octanol–water partition coefficient (Wildman–Crippen LogP) is 2.29. The van der Waals surface area contributed by atoms with E-state index < -0.39 is 121 Å². The molecule has 4 fully saturated rings. The number of fused-ring (bicyclic) bond motifs is 3. The highest BCUT2D eigenvalue weighted by Gasteiger charge is 2.46. The molecule has 4 saturated heterocycles. The van der Waals surface area contributed by atoms with Gasteiger partial charge in [0.25, 0.3) is 0 Å². The summed E-state index contributed by atoms with van der Waals surface area (Å²) in [5, 5.41) is 7.70. The maximum Gasteiger partial charge on any atom is 0.573 e. The molecule has 4 heterocycles. The molecule has 3 N–H and O–H groups in total. The Morgan fingerprint density at radius 1 is 0.836 bits per heavy atom. The standard InChI is InChI=1S/C41H47F5N6O9/c1-22-14-33-40(59)60-21-30(38(57)51-13-5-7-32(51)39(58)50-12-4-3-6-31(50)36(55)47-23(2)37(56)52(33)20-22)49-35(54)29(17-25-15-26(42)19-27(43)16-25)48-34(53)18-24-8-10-28(11-9-24)61-41(44,45)46/h8-11,15-16,19,22-23,29-33H,3-7,12-14,17-18,20-21H2,1-2H3,(H,47,55)(H,48,53)(H,49,54)/t22-,23+,29+,30+,31+,32+,33+/m1/s1. The highest BCUT2D eigenvalue weighted by Crippen LogP contribution is 2.28. The fourth-order valence-corrected chi connectivity index (χ4v) is 8.40. The number of benzene rings is 2. The van der Waals surface area contributed by atoms with E-state index in [0.29, 0.717) is 31.7 Å². The van der Waals surface area contributed by atoms with Crippen LogP contribution in [0.15, 0.2) is 42.5 Å². The van der Waals surface area contributed by atoms with Crippen LogP contribution in [0.3, 0.4) is 0 Å². The Morgan fingerprint density at radius 3 is 2.18 bits per heavy atom. The minimum atomic E-state index is -4.95. The molecule has 4 aliphatic rings. The number of rotatable bonds is 8.